The van der Waals surface area contributed by atoms with Gasteiger partial charge in [0.15, 0.2) is 11.0 Å². The Bertz CT molecular complexity index is 2650. The SMILES string of the molecule is CC(C)(C)c1cc(Oc2ccc3c4ccccc4n(-c4cc(C(C)(C)C)ccn4)c3c2)cc(-[n+]2cn(-c3ccccc3C(C)(C)C)c3ccccc32)c1. The summed E-state index contributed by atoms with van der Waals surface area (Å²) in [5, 5.41) is 2.36. The number of hydrogen-bond acceptors (Lipinski definition) is 2. The molecule has 53 heavy (non-hydrogen) atoms. The Morgan fingerprint density at radius 2 is 1.23 bits per heavy atom. The molecule has 0 fully saturated rings. The van der Waals surface area contributed by atoms with Crippen LogP contribution in [0.4, 0.5) is 0 Å². The molecule has 5 nitrogen and oxygen atoms in total. The van der Waals surface area contributed by atoms with Gasteiger partial charge in [-0.1, -0.05) is 111 Å². The van der Waals surface area contributed by atoms with Gasteiger partial charge in [-0.2, -0.15) is 9.13 Å². The molecule has 266 valence electrons. The molecule has 0 saturated heterocycles. The van der Waals surface area contributed by atoms with E-state index < -0.39 is 0 Å². The van der Waals surface area contributed by atoms with Gasteiger partial charge in [-0.25, -0.2) is 4.98 Å². The van der Waals surface area contributed by atoms with Crippen LogP contribution in [0.5, 0.6) is 11.5 Å². The standard InChI is InChI=1S/C48H49N4O/c1-46(2,3)32-24-25-49-45(28-32)52-40-18-12-10-16-37(40)38-23-22-35(30-44(38)52)53-36-27-33(47(4,5)6)26-34(29-36)50-31-51(43-21-15-14-20-42(43)50)41-19-13-11-17-39(41)48(7,8)9/h10-31H,1-9H3/q+1. The van der Waals surface area contributed by atoms with Crippen molar-refractivity contribution in [3.05, 3.63) is 151 Å². The molecule has 5 aromatic carbocycles. The molecule has 0 unspecified atom stereocenters. The Balaban J connectivity index is 1.28. The minimum Gasteiger partial charge on any atom is -0.457 e. The van der Waals surface area contributed by atoms with E-state index in [0.717, 1.165) is 45.1 Å². The predicted molar refractivity (Wildman–Crippen MR) is 220 cm³/mol. The smallest absolute Gasteiger partial charge is 0.255 e. The zero-order chi connectivity index (χ0) is 37.3. The van der Waals surface area contributed by atoms with Crippen LogP contribution in [-0.2, 0) is 16.2 Å². The first-order valence-electron chi connectivity index (χ1n) is 18.6. The van der Waals surface area contributed by atoms with E-state index in [-0.39, 0.29) is 16.2 Å². The molecule has 0 amide bonds. The normalized spacial score (nSPS) is 12.6. The lowest BCUT2D eigenvalue weighted by Gasteiger charge is -2.21. The van der Waals surface area contributed by atoms with Crippen molar-refractivity contribution in [3.8, 4) is 28.7 Å². The molecule has 8 rings (SSSR count). The van der Waals surface area contributed by atoms with Crippen molar-refractivity contribution < 1.29 is 9.30 Å². The summed E-state index contributed by atoms with van der Waals surface area (Å²) >= 11 is 0. The molecule has 0 radical (unpaired) electrons. The first-order valence-corrected chi connectivity index (χ1v) is 18.6. The fraction of sp³-hybridized carbons (Fsp3) is 0.250. The molecule has 3 heterocycles. The number of rotatable bonds is 5. The first kappa shape index (κ1) is 34.4. The highest BCUT2D eigenvalue weighted by atomic mass is 16.5. The highest BCUT2D eigenvalue weighted by molar-refractivity contribution is 6.09. The number of imidazole rings is 1. The van der Waals surface area contributed by atoms with Crippen molar-refractivity contribution in [1.82, 2.24) is 14.1 Å². The molecule has 0 aliphatic rings. The summed E-state index contributed by atoms with van der Waals surface area (Å²) < 4.78 is 13.8. The van der Waals surface area contributed by atoms with Crippen molar-refractivity contribution in [2.24, 2.45) is 0 Å². The molecule has 0 bridgehead atoms. The zero-order valence-corrected chi connectivity index (χ0v) is 32.4. The van der Waals surface area contributed by atoms with Crippen LogP contribution in [0.1, 0.15) is 79.0 Å². The zero-order valence-electron chi connectivity index (χ0n) is 32.4. The van der Waals surface area contributed by atoms with E-state index in [1.807, 2.05) is 6.20 Å². The van der Waals surface area contributed by atoms with Crippen LogP contribution in [0.2, 0.25) is 0 Å². The quantitative estimate of drug-likeness (QED) is 0.168. The van der Waals surface area contributed by atoms with E-state index in [9.17, 15) is 0 Å². The van der Waals surface area contributed by atoms with Gasteiger partial charge < -0.3 is 4.74 Å². The Labute approximate surface area is 313 Å². The van der Waals surface area contributed by atoms with Gasteiger partial charge in [0.1, 0.15) is 28.7 Å². The van der Waals surface area contributed by atoms with E-state index in [1.165, 1.54) is 33.2 Å². The number of benzene rings is 5. The molecule has 0 atom stereocenters. The van der Waals surface area contributed by atoms with Gasteiger partial charge >= 0.3 is 0 Å². The van der Waals surface area contributed by atoms with Crippen LogP contribution in [0.3, 0.4) is 0 Å². The molecule has 0 spiro atoms. The van der Waals surface area contributed by atoms with E-state index in [1.54, 1.807) is 0 Å². The molecular weight excluding hydrogens is 649 g/mol. The van der Waals surface area contributed by atoms with E-state index in [0.29, 0.717) is 0 Å². The summed E-state index contributed by atoms with van der Waals surface area (Å²) in [4.78, 5) is 4.88. The van der Waals surface area contributed by atoms with E-state index >= 15 is 0 Å². The second-order valence-electron chi connectivity index (χ2n) is 17.4. The number of aromatic nitrogens is 4. The van der Waals surface area contributed by atoms with Crippen molar-refractivity contribution in [3.63, 3.8) is 0 Å². The minimum absolute atomic E-state index is 0.000784. The maximum Gasteiger partial charge on any atom is 0.255 e. The van der Waals surface area contributed by atoms with E-state index in [4.69, 9.17) is 9.72 Å². The predicted octanol–water partition coefficient (Wildman–Crippen LogP) is 12.1. The van der Waals surface area contributed by atoms with Gasteiger partial charge in [-0.15, -0.1) is 0 Å². The van der Waals surface area contributed by atoms with Crippen molar-refractivity contribution in [2.75, 3.05) is 0 Å². The third-order valence-corrected chi connectivity index (χ3v) is 10.4. The largest absolute Gasteiger partial charge is 0.457 e. The lowest BCUT2D eigenvalue weighted by molar-refractivity contribution is -0.567. The highest BCUT2D eigenvalue weighted by Gasteiger charge is 2.27. The summed E-state index contributed by atoms with van der Waals surface area (Å²) in [6, 6.07) is 43.3. The van der Waals surface area contributed by atoms with Crippen LogP contribution < -0.4 is 9.30 Å². The molecule has 0 saturated carbocycles. The molecule has 0 aliphatic heterocycles. The molecule has 0 N–H and O–H groups in total. The molecule has 0 aliphatic carbocycles. The fourth-order valence-corrected chi connectivity index (χ4v) is 7.45. The van der Waals surface area contributed by atoms with Crippen LogP contribution in [0.25, 0.3) is 50.0 Å². The summed E-state index contributed by atoms with van der Waals surface area (Å²) in [5.74, 6) is 2.47. The third kappa shape index (κ3) is 6.28. The summed E-state index contributed by atoms with van der Waals surface area (Å²) in [6.45, 7) is 20.3. The Morgan fingerprint density at radius 3 is 1.98 bits per heavy atom. The lowest BCUT2D eigenvalue weighted by atomic mass is 9.86. The monoisotopic (exact) mass is 697 g/mol. The number of ether oxygens (including phenoxy) is 1. The number of para-hydroxylation sites is 4. The van der Waals surface area contributed by atoms with Crippen LogP contribution >= 0.6 is 0 Å². The van der Waals surface area contributed by atoms with Crippen LogP contribution in [-0.4, -0.2) is 14.1 Å². The number of hydrogen-bond donors (Lipinski definition) is 0. The summed E-state index contributed by atoms with van der Waals surface area (Å²) in [5.41, 5.74) is 10.3. The van der Waals surface area contributed by atoms with Crippen molar-refractivity contribution in [1.29, 1.82) is 0 Å². The number of pyridine rings is 1. The second kappa shape index (κ2) is 12.5. The fourth-order valence-electron chi connectivity index (χ4n) is 7.45. The Morgan fingerprint density at radius 1 is 0.547 bits per heavy atom. The topological polar surface area (TPSA) is 35.9 Å². The van der Waals surface area contributed by atoms with Gasteiger partial charge in [0.25, 0.3) is 6.33 Å². The van der Waals surface area contributed by atoms with Crippen LogP contribution in [0.15, 0.2) is 134 Å². The maximum atomic E-state index is 6.86. The number of nitrogens with zero attached hydrogens (tertiary/aromatic N) is 4. The molecule has 8 aromatic rings. The Hall–Kier alpha value is -5.68. The minimum atomic E-state index is -0.105. The average Bonchev–Trinajstić information content (AvgIpc) is 3.67. The van der Waals surface area contributed by atoms with Gasteiger partial charge in [-0.05, 0) is 88.0 Å². The van der Waals surface area contributed by atoms with Gasteiger partial charge in [0.05, 0.1) is 11.0 Å². The third-order valence-electron chi connectivity index (χ3n) is 10.4. The first-order chi connectivity index (χ1) is 25.2. The summed E-state index contributed by atoms with van der Waals surface area (Å²) in [6.07, 6.45) is 4.15. The lowest BCUT2D eigenvalue weighted by Crippen LogP contribution is -2.30. The van der Waals surface area contributed by atoms with Gasteiger partial charge in [0.2, 0.25) is 0 Å². The van der Waals surface area contributed by atoms with Crippen LogP contribution in [0, 0.1) is 0 Å². The van der Waals surface area contributed by atoms with Gasteiger partial charge in [0, 0.05) is 34.7 Å². The van der Waals surface area contributed by atoms with Crippen molar-refractivity contribution in [2.45, 2.75) is 78.6 Å². The number of fused-ring (bicyclic) bond motifs is 4. The van der Waals surface area contributed by atoms with E-state index in [2.05, 4.69) is 204 Å². The highest BCUT2D eigenvalue weighted by Crippen LogP contribution is 2.37. The van der Waals surface area contributed by atoms with Crippen molar-refractivity contribution >= 4 is 32.8 Å². The molecule has 5 heteroatoms. The average molecular weight is 698 g/mol. The molecular formula is C48H49N4O+. The maximum absolute atomic E-state index is 6.86. The molecule has 3 aromatic heterocycles. The summed E-state index contributed by atoms with van der Waals surface area (Å²) in [7, 11) is 0. The van der Waals surface area contributed by atoms with Gasteiger partial charge in [-0.3, -0.25) is 4.57 Å². The Kier molecular flexibility index (Phi) is 8.10. The second-order valence-corrected chi connectivity index (χ2v) is 17.4.